The van der Waals surface area contributed by atoms with Crippen LogP contribution in [0.3, 0.4) is 0 Å². The summed E-state index contributed by atoms with van der Waals surface area (Å²) in [5, 5.41) is 11.9. The largest absolute Gasteiger partial charge is 0.379 e. The average Bonchev–Trinajstić information content (AvgIpc) is 2.54. The molecule has 0 aliphatic heterocycles. The summed E-state index contributed by atoms with van der Waals surface area (Å²) in [6, 6.07) is 11.4. The monoisotopic (exact) mass is 430 g/mol. The third kappa shape index (κ3) is 6.60. The van der Waals surface area contributed by atoms with E-state index in [9.17, 15) is 0 Å². The molecule has 0 aliphatic carbocycles. The molecule has 6 N–H and O–H groups in total. The van der Waals surface area contributed by atoms with Gasteiger partial charge >= 0.3 is 0 Å². The molecule has 0 saturated heterocycles. The predicted molar refractivity (Wildman–Crippen MR) is 114 cm³/mol. The van der Waals surface area contributed by atoms with Crippen LogP contribution in [-0.2, 0) is 12.3 Å². The molecular weight excluding hydrogens is 415 g/mol. The van der Waals surface area contributed by atoms with Gasteiger partial charge in [0.25, 0.3) is 0 Å². The first-order valence-corrected chi connectivity index (χ1v) is 10.1. The van der Waals surface area contributed by atoms with Gasteiger partial charge in [0.15, 0.2) is 10.3 Å². The molecule has 2 aromatic carbocycles. The zero-order chi connectivity index (χ0) is 18.4. The molecule has 0 bridgehead atoms. The van der Waals surface area contributed by atoms with E-state index in [4.69, 9.17) is 52.3 Å². The van der Waals surface area contributed by atoms with Crippen LogP contribution in [0, 0.1) is 5.41 Å². The minimum Gasteiger partial charge on any atom is -0.379 e. The number of thioether (sulfide) groups is 1. The fraction of sp³-hybridized carbons (Fsp3) is 0.125. The molecule has 4 nitrogen and oxygen atoms in total. The minimum atomic E-state index is 0.0729. The van der Waals surface area contributed by atoms with E-state index in [0.717, 1.165) is 20.9 Å². The quantitative estimate of drug-likeness (QED) is 0.304. The molecule has 0 spiro atoms. The molecule has 0 unspecified atom stereocenters. The third-order valence-electron chi connectivity index (χ3n) is 3.10. The molecule has 0 amide bonds. The molecule has 0 aliphatic rings. The average molecular weight is 431 g/mol. The number of benzene rings is 2. The van der Waals surface area contributed by atoms with Crippen molar-refractivity contribution in [2.45, 2.75) is 22.1 Å². The number of hydrogen-bond donors (Lipinski definition) is 4. The van der Waals surface area contributed by atoms with Crippen LogP contribution in [0.25, 0.3) is 0 Å². The maximum absolute atomic E-state index is 7.40. The molecule has 2 rings (SSSR count). The maximum atomic E-state index is 7.40. The van der Waals surface area contributed by atoms with Gasteiger partial charge in [-0.2, -0.15) is 0 Å². The Morgan fingerprint density at radius 3 is 2.16 bits per heavy atom. The van der Waals surface area contributed by atoms with E-state index in [1.54, 1.807) is 11.8 Å². The van der Waals surface area contributed by atoms with E-state index < -0.39 is 0 Å². The van der Waals surface area contributed by atoms with Crippen LogP contribution in [0.4, 0.5) is 0 Å². The Morgan fingerprint density at radius 1 is 1.04 bits per heavy atom. The van der Waals surface area contributed by atoms with Crippen molar-refractivity contribution in [3.05, 3.63) is 57.6 Å². The number of nitrogens with one attached hydrogen (secondary N) is 2. The second-order valence-electron chi connectivity index (χ2n) is 4.98. The van der Waals surface area contributed by atoms with Gasteiger partial charge in [-0.1, -0.05) is 46.7 Å². The first-order chi connectivity index (χ1) is 11.8. The van der Waals surface area contributed by atoms with E-state index in [2.05, 4.69) is 5.32 Å². The molecule has 0 radical (unpaired) electrons. The summed E-state index contributed by atoms with van der Waals surface area (Å²) in [6.07, 6.45) is 0. The van der Waals surface area contributed by atoms with E-state index in [-0.39, 0.29) is 10.3 Å². The summed E-state index contributed by atoms with van der Waals surface area (Å²) in [6.45, 7) is 0.489. The highest BCUT2D eigenvalue weighted by atomic mass is 35.5. The Hall–Kier alpha value is -1.12. The fourth-order valence-corrected chi connectivity index (χ4v) is 4.14. The summed E-state index contributed by atoms with van der Waals surface area (Å²) < 4.78 is 0. The predicted octanol–water partition coefficient (Wildman–Crippen LogP) is 4.60. The molecular formula is C16H16Cl2N4S3. The number of halogens is 2. The topological polar surface area (TPSA) is 87.9 Å². The highest BCUT2D eigenvalue weighted by Crippen LogP contribution is 2.36. The van der Waals surface area contributed by atoms with Crippen molar-refractivity contribution >= 4 is 69.2 Å². The second kappa shape index (κ2) is 9.54. The Morgan fingerprint density at radius 2 is 1.60 bits per heavy atom. The smallest absolute Gasteiger partial charge is 0.163 e. The number of amidine groups is 1. The van der Waals surface area contributed by atoms with E-state index >= 15 is 0 Å². The Balaban J connectivity index is 2.29. The highest BCUT2D eigenvalue weighted by Gasteiger charge is 2.11. The van der Waals surface area contributed by atoms with Crippen molar-refractivity contribution in [3.8, 4) is 0 Å². The molecule has 0 saturated carbocycles. The van der Waals surface area contributed by atoms with Crippen molar-refractivity contribution in [2.75, 3.05) is 0 Å². The lowest BCUT2D eigenvalue weighted by atomic mass is 10.2. The van der Waals surface area contributed by atoms with Crippen LogP contribution < -0.4 is 16.8 Å². The highest BCUT2D eigenvalue weighted by molar-refractivity contribution is 8.13. The third-order valence-corrected chi connectivity index (χ3v) is 5.72. The molecule has 0 aromatic heterocycles. The molecule has 0 atom stereocenters. The number of rotatable bonds is 6. The molecule has 25 heavy (non-hydrogen) atoms. The van der Waals surface area contributed by atoms with Gasteiger partial charge in [0.1, 0.15) is 0 Å². The van der Waals surface area contributed by atoms with Crippen LogP contribution >= 0.6 is 58.9 Å². The summed E-state index contributed by atoms with van der Waals surface area (Å²) in [5.41, 5.74) is 13.0. The zero-order valence-corrected chi connectivity index (χ0v) is 17.0. The molecule has 132 valence electrons. The number of thiocarbonyl (C=S) groups is 1. The van der Waals surface area contributed by atoms with Crippen molar-refractivity contribution in [3.63, 3.8) is 0 Å². The van der Waals surface area contributed by atoms with Gasteiger partial charge in [0.05, 0.1) is 0 Å². The Labute approximate surface area is 170 Å². The molecule has 0 heterocycles. The summed E-state index contributed by atoms with van der Waals surface area (Å²) in [4.78, 5) is 2.07. The van der Waals surface area contributed by atoms with Crippen molar-refractivity contribution < 1.29 is 0 Å². The SMILES string of the molecule is N=C(N)SCc1cc(Cl)ccc1Sc1ccc(Cl)cc1CNC(N)=S. The summed E-state index contributed by atoms with van der Waals surface area (Å²) in [7, 11) is 0. The lowest BCUT2D eigenvalue weighted by Gasteiger charge is -2.14. The van der Waals surface area contributed by atoms with Crippen LogP contribution in [0.15, 0.2) is 46.2 Å². The Bertz CT molecular complexity index is 733. The minimum absolute atomic E-state index is 0.0729. The van der Waals surface area contributed by atoms with Gasteiger partial charge in [0.2, 0.25) is 0 Å². The van der Waals surface area contributed by atoms with Gasteiger partial charge in [-0.25, -0.2) is 0 Å². The van der Waals surface area contributed by atoms with Crippen LogP contribution in [0.2, 0.25) is 10.0 Å². The summed E-state index contributed by atoms with van der Waals surface area (Å²) in [5.74, 6) is 0.576. The molecule has 0 fully saturated rings. The zero-order valence-electron chi connectivity index (χ0n) is 13.0. The maximum Gasteiger partial charge on any atom is 0.163 e. The second-order valence-corrected chi connectivity index (χ2v) is 8.39. The number of hydrogen-bond acceptors (Lipinski definition) is 4. The van der Waals surface area contributed by atoms with Gasteiger partial charge in [0, 0.05) is 32.1 Å². The van der Waals surface area contributed by atoms with Gasteiger partial charge < -0.3 is 16.8 Å². The number of nitrogens with two attached hydrogens (primary N) is 2. The van der Waals surface area contributed by atoms with Crippen molar-refractivity contribution in [1.29, 1.82) is 5.41 Å². The van der Waals surface area contributed by atoms with E-state index in [1.165, 1.54) is 11.8 Å². The lowest BCUT2D eigenvalue weighted by molar-refractivity contribution is 0.897. The van der Waals surface area contributed by atoms with Crippen LogP contribution in [0.1, 0.15) is 11.1 Å². The van der Waals surface area contributed by atoms with E-state index in [1.807, 2.05) is 36.4 Å². The van der Waals surface area contributed by atoms with Crippen LogP contribution in [0.5, 0.6) is 0 Å². The van der Waals surface area contributed by atoms with Gasteiger partial charge in [-0.3, -0.25) is 5.41 Å². The van der Waals surface area contributed by atoms with Crippen LogP contribution in [-0.4, -0.2) is 10.3 Å². The molecule has 2 aromatic rings. The van der Waals surface area contributed by atoms with Crippen molar-refractivity contribution in [2.24, 2.45) is 11.5 Å². The first kappa shape index (κ1) is 20.2. The van der Waals surface area contributed by atoms with Crippen molar-refractivity contribution in [1.82, 2.24) is 5.32 Å². The first-order valence-electron chi connectivity index (χ1n) is 7.10. The molecule has 9 heteroatoms. The van der Waals surface area contributed by atoms with E-state index in [0.29, 0.717) is 22.3 Å². The fourth-order valence-electron chi connectivity index (χ4n) is 2.00. The normalized spacial score (nSPS) is 10.5. The lowest BCUT2D eigenvalue weighted by Crippen LogP contribution is -2.28. The Kier molecular flexibility index (Phi) is 7.71. The standard InChI is InChI=1S/C16H16Cl2N4S3/c17-11-1-3-13(9(5-11)7-22-16(21)23)25-14-4-2-12(18)6-10(14)8-24-15(19)20/h1-6H,7-8H2,(H3,19,20)(H3,21,22,23). The van der Waals surface area contributed by atoms with Gasteiger partial charge in [-0.15, -0.1) is 0 Å². The van der Waals surface area contributed by atoms with Gasteiger partial charge in [-0.05, 0) is 59.7 Å². The summed E-state index contributed by atoms with van der Waals surface area (Å²) >= 11 is 20.0.